The maximum atomic E-state index is 12.1. The first-order valence-electron chi connectivity index (χ1n) is 7.91. The second-order valence-corrected chi connectivity index (χ2v) is 7.29. The molecular formula is C18H16N4O3S2. The van der Waals surface area contributed by atoms with Gasteiger partial charge in [0.05, 0.1) is 11.4 Å². The molecule has 0 radical (unpaired) electrons. The SMILES string of the molecule is CC(=NNC(=O)c1ccc(C(=O)NN=C(C)c2cccs2)o1)c1cccs1. The second-order valence-electron chi connectivity index (χ2n) is 5.39. The summed E-state index contributed by atoms with van der Waals surface area (Å²) >= 11 is 3.05. The number of hydrogen-bond donors (Lipinski definition) is 2. The fourth-order valence-corrected chi connectivity index (χ4v) is 3.39. The highest BCUT2D eigenvalue weighted by atomic mass is 32.1. The Kier molecular flexibility index (Phi) is 5.94. The van der Waals surface area contributed by atoms with Crippen LogP contribution in [0.1, 0.15) is 44.7 Å². The number of thiophene rings is 2. The van der Waals surface area contributed by atoms with Crippen LogP contribution >= 0.6 is 22.7 Å². The fraction of sp³-hybridized carbons (Fsp3) is 0.111. The fourth-order valence-electron chi connectivity index (χ4n) is 2.04. The van der Waals surface area contributed by atoms with Crippen LogP contribution in [0.15, 0.2) is 61.8 Å². The summed E-state index contributed by atoms with van der Waals surface area (Å²) in [4.78, 5) is 26.1. The van der Waals surface area contributed by atoms with Crippen molar-refractivity contribution in [3.05, 3.63) is 68.4 Å². The third kappa shape index (κ3) is 4.78. The normalized spacial score (nSPS) is 12.1. The minimum Gasteiger partial charge on any atom is -0.446 e. The lowest BCUT2D eigenvalue weighted by atomic mass is 10.3. The molecule has 0 bridgehead atoms. The molecule has 0 aliphatic carbocycles. The summed E-state index contributed by atoms with van der Waals surface area (Å²) in [7, 11) is 0. The zero-order valence-corrected chi connectivity index (χ0v) is 16.2. The number of hydrazone groups is 2. The molecule has 0 fully saturated rings. The third-order valence-corrected chi connectivity index (χ3v) is 5.42. The second kappa shape index (κ2) is 8.56. The van der Waals surface area contributed by atoms with Gasteiger partial charge in [0.1, 0.15) is 0 Å². The van der Waals surface area contributed by atoms with Gasteiger partial charge in [-0.2, -0.15) is 10.2 Å². The zero-order valence-electron chi connectivity index (χ0n) is 14.6. The minimum absolute atomic E-state index is 0.0122. The van der Waals surface area contributed by atoms with Crippen molar-refractivity contribution in [2.75, 3.05) is 0 Å². The van der Waals surface area contributed by atoms with Gasteiger partial charge in [-0.1, -0.05) is 12.1 Å². The highest BCUT2D eigenvalue weighted by molar-refractivity contribution is 7.12. The molecule has 138 valence electrons. The Labute approximate surface area is 163 Å². The molecular weight excluding hydrogens is 384 g/mol. The molecule has 0 aromatic carbocycles. The molecule has 0 unspecified atom stereocenters. The molecule has 3 aromatic rings. The number of carbonyl (C=O) groups is 2. The number of amides is 2. The zero-order chi connectivity index (χ0) is 19.2. The van der Waals surface area contributed by atoms with Gasteiger partial charge in [0.15, 0.2) is 11.5 Å². The number of hydrogen-bond acceptors (Lipinski definition) is 7. The van der Waals surface area contributed by atoms with E-state index in [1.165, 1.54) is 34.8 Å². The summed E-state index contributed by atoms with van der Waals surface area (Å²) in [5, 5.41) is 11.9. The van der Waals surface area contributed by atoms with Crippen LogP contribution in [-0.2, 0) is 0 Å². The quantitative estimate of drug-likeness (QED) is 0.488. The average Bonchev–Trinajstić information content (AvgIpc) is 3.44. The van der Waals surface area contributed by atoms with E-state index in [4.69, 9.17) is 4.42 Å². The van der Waals surface area contributed by atoms with Crippen LogP contribution in [0.2, 0.25) is 0 Å². The molecule has 9 heteroatoms. The van der Waals surface area contributed by atoms with E-state index in [0.717, 1.165) is 9.75 Å². The highest BCUT2D eigenvalue weighted by Crippen LogP contribution is 2.11. The van der Waals surface area contributed by atoms with Gasteiger partial charge in [0.2, 0.25) is 0 Å². The maximum Gasteiger partial charge on any atom is 0.307 e. The minimum atomic E-state index is -0.539. The molecule has 0 aliphatic rings. The molecule has 27 heavy (non-hydrogen) atoms. The van der Waals surface area contributed by atoms with E-state index in [9.17, 15) is 9.59 Å². The van der Waals surface area contributed by atoms with Crippen molar-refractivity contribution >= 4 is 45.9 Å². The molecule has 7 nitrogen and oxygen atoms in total. The van der Waals surface area contributed by atoms with Crippen molar-refractivity contribution in [1.29, 1.82) is 0 Å². The van der Waals surface area contributed by atoms with E-state index in [1.54, 1.807) is 13.8 Å². The van der Waals surface area contributed by atoms with Crippen molar-refractivity contribution in [1.82, 2.24) is 10.9 Å². The molecule has 3 aromatic heterocycles. The lowest BCUT2D eigenvalue weighted by Crippen LogP contribution is -2.20. The molecule has 0 spiro atoms. The predicted octanol–water partition coefficient (Wildman–Crippen LogP) is 3.71. The Bertz CT molecular complexity index is 907. The molecule has 2 amide bonds. The highest BCUT2D eigenvalue weighted by Gasteiger charge is 2.15. The van der Waals surface area contributed by atoms with Gasteiger partial charge in [0.25, 0.3) is 0 Å². The van der Waals surface area contributed by atoms with Gasteiger partial charge in [-0.05, 0) is 48.9 Å². The van der Waals surface area contributed by atoms with Crippen LogP contribution < -0.4 is 10.9 Å². The standard InChI is InChI=1S/C18H16N4O3S2/c1-11(15-5-3-9-26-15)19-21-17(23)13-7-8-14(25-13)18(24)22-20-12(2)16-6-4-10-27-16/h3-10H,1-2H3,(H,21,23)(H,22,24). The third-order valence-electron chi connectivity index (χ3n) is 3.46. The molecule has 0 atom stereocenters. The Morgan fingerprint density at radius 2 is 1.26 bits per heavy atom. The van der Waals surface area contributed by atoms with Crippen LogP contribution in [0.3, 0.4) is 0 Å². The van der Waals surface area contributed by atoms with Crippen molar-refractivity contribution in [3.8, 4) is 0 Å². The first-order chi connectivity index (χ1) is 13.0. The first-order valence-corrected chi connectivity index (χ1v) is 9.67. The lowest BCUT2D eigenvalue weighted by molar-refractivity contribution is 0.0902. The summed E-state index contributed by atoms with van der Waals surface area (Å²) in [6, 6.07) is 10.4. The molecule has 3 rings (SSSR count). The Morgan fingerprint density at radius 1 is 0.815 bits per heavy atom. The van der Waals surface area contributed by atoms with E-state index < -0.39 is 11.8 Å². The van der Waals surface area contributed by atoms with E-state index in [0.29, 0.717) is 11.4 Å². The number of carbonyl (C=O) groups excluding carboxylic acids is 2. The van der Waals surface area contributed by atoms with Gasteiger partial charge in [-0.3, -0.25) is 9.59 Å². The molecule has 0 saturated heterocycles. The van der Waals surface area contributed by atoms with Crippen LogP contribution in [0.4, 0.5) is 0 Å². The molecule has 0 aliphatic heterocycles. The number of furan rings is 1. The van der Waals surface area contributed by atoms with Crippen LogP contribution in [0.5, 0.6) is 0 Å². The van der Waals surface area contributed by atoms with Crippen molar-refractivity contribution < 1.29 is 14.0 Å². The largest absolute Gasteiger partial charge is 0.446 e. The number of rotatable bonds is 6. The predicted molar refractivity (Wildman–Crippen MR) is 107 cm³/mol. The van der Waals surface area contributed by atoms with Crippen LogP contribution in [0.25, 0.3) is 0 Å². The smallest absolute Gasteiger partial charge is 0.307 e. The lowest BCUT2D eigenvalue weighted by Gasteiger charge is -2.00. The number of nitrogens with one attached hydrogen (secondary N) is 2. The number of nitrogens with zero attached hydrogens (tertiary/aromatic N) is 2. The maximum absolute atomic E-state index is 12.1. The first kappa shape index (κ1) is 18.7. The summed E-state index contributed by atoms with van der Waals surface area (Å²) in [5.74, 6) is -1.10. The summed E-state index contributed by atoms with van der Waals surface area (Å²) in [6.07, 6.45) is 0. The molecule has 3 heterocycles. The van der Waals surface area contributed by atoms with Crippen molar-refractivity contribution in [2.24, 2.45) is 10.2 Å². The van der Waals surface area contributed by atoms with Gasteiger partial charge in [-0.15, -0.1) is 22.7 Å². The molecule has 0 saturated carbocycles. The summed E-state index contributed by atoms with van der Waals surface area (Å²) in [5.41, 5.74) is 6.19. The molecule has 2 N–H and O–H groups in total. The van der Waals surface area contributed by atoms with Gasteiger partial charge in [0, 0.05) is 9.75 Å². The van der Waals surface area contributed by atoms with Gasteiger partial charge >= 0.3 is 11.8 Å². The van der Waals surface area contributed by atoms with E-state index in [2.05, 4.69) is 21.1 Å². The average molecular weight is 400 g/mol. The summed E-state index contributed by atoms with van der Waals surface area (Å²) in [6.45, 7) is 3.59. The van der Waals surface area contributed by atoms with Gasteiger partial charge < -0.3 is 4.42 Å². The monoisotopic (exact) mass is 400 g/mol. The Balaban J connectivity index is 1.60. The van der Waals surface area contributed by atoms with Gasteiger partial charge in [-0.25, -0.2) is 10.9 Å². The van der Waals surface area contributed by atoms with Crippen LogP contribution in [-0.4, -0.2) is 23.2 Å². The Hall–Kier alpha value is -3.04. The van der Waals surface area contributed by atoms with Crippen molar-refractivity contribution in [3.63, 3.8) is 0 Å². The van der Waals surface area contributed by atoms with E-state index in [1.807, 2.05) is 35.0 Å². The Morgan fingerprint density at radius 3 is 1.63 bits per heavy atom. The van der Waals surface area contributed by atoms with Crippen molar-refractivity contribution in [2.45, 2.75) is 13.8 Å². The topological polar surface area (TPSA) is 96.1 Å². The van der Waals surface area contributed by atoms with E-state index >= 15 is 0 Å². The van der Waals surface area contributed by atoms with Crippen LogP contribution in [0, 0.1) is 0 Å². The van der Waals surface area contributed by atoms with E-state index in [-0.39, 0.29) is 11.5 Å². The summed E-state index contributed by atoms with van der Waals surface area (Å²) < 4.78 is 5.30.